The fraction of sp³-hybridized carbons (Fsp3) is 0.200. The summed E-state index contributed by atoms with van der Waals surface area (Å²) in [5, 5.41) is 14.3. The number of anilines is 1. The number of halogens is 1. The molecule has 5 nitrogen and oxygen atoms in total. The molecule has 0 aliphatic carbocycles. The molecular formula is C15H15ClN2O3. The smallest absolute Gasteiger partial charge is 0.292 e. The first-order valence-corrected chi connectivity index (χ1v) is 6.81. The Labute approximate surface area is 127 Å². The summed E-state index contributed by atoms with van der Waals surface area (Å²) in [5.41, 5.74) is 1.50. The van der Waals surface area contributed by atoms with Crippen LogP contribution in [-0.2, 0) is 0 Å². The Balaban J connectivity index is 1.91. The number of aryl methyl sites for hydroxylation is 1. The van der Waals surface area contributed by atoms with Crippen molar-refractivity contribution < 1.29 is 9.66 Å². The van der Waals surface area contributed by atoms with Crippen LogP contribution in [0.5, 0.6) is 5.75 Å². The molecule has 110 valence electrons. The first-order valence-electron chi connectivity index (χ1n) is 6.43. The number of rotatable bonds is 6. The van der Waals surface area contributed by atoms with Gasteiger partial charge < -0.3 is 10.1 Å². The van der Waals surface area contributed by atoms with Crippen molar-refractivity contribution in [3.05, 3.63) is 63.2 Å². The minimum atomic E-state index is -0.444. The Kier molecular flexibility index (Phi) is 5.00. The van der Waals surface area contributed by atoms with E-state index in [1.54, 1.807) is 0 Å². The van der Waals surface area contributed by atoms with Crippen molar-refractivity contribution in [3.63, 3.8) is 0 Å². The molecule has 0 aliphatic rings. The van der Waals surface area contributed by atoms with E-state index in [0.717, 1.165) is 11.3 Å². The zero-order valence-electron chi connectivity index (χ0n) is 11.5. The van der Waals surface area contributed by atoms with E-state index < -0.39 is 4.92 Å². The monoisotopic (exact) mass is 306 g/mol. The molecule has 0 saturated heterocycles. The molecule has 0 unspecified atom stereocenters. The normalized spacial score (nSPS) is 10.2. The maximum atomic E-state index is 10.9. The van der Waals surface area contributed by atoms with Gasteiger partial charge >= 0.3 is 0 Å². The van der Waals surface area contributed by atoms with Crippen LogP contribution in [-0.4, -0.2) is 18.1 Å². The van der Waals surface area contributed by atoms with Crippen molar-refractivity contribution in [1.29, 1.82) is 0 Å². The summed E-state index contributed by atoms with van der Waals surface area (Å²) < 4.78 is 5.57. The largest absolute Gasteiger partial charge is 0.492 e. The van der Waals surface area contributed by atoms with Crippen LogP contribution in [0.25, 0.3) is 0 Å². The number of nitro groups is 1. The van der Waals surface area contributed by atoms with E-state index in [1.807, 2.05) is 31.2 Å². The summed E-state index contributed by atoms with van der Waals surface area (Å²) in [6.45, 7) is 2.82. The molecule has 0 amide bonds. The first kappa shape index (κ1) is 15.1. The van der Waals surface area contributed by atoms with Gasteiger partial charge in [-0.3, -0.25) is 10.1 Å². The summed E-state index contributed by atoms with van der Waals surface area (Å²) in [5.74, 6) is 0.775. The van der Waals surface area contributed by atoms with Crippen molar-refractivity contribution in [2.75, 3.05) is 18.5 Å². The van der Waals surface area contributed by atoms with Gasteiger partial charge in [-0.1, -0.05) is 23.7 Å². The molecule has 0 aliphatic heterocycles. The second-order valence-corrected chi connectivity index (χ2v) is 4.95. The Hall–Kier alpha value is -2.27. The average molecular weight is 307 g/mol. The molecule has 0 fully saturated rings. The molecule has 1 N–H and O–H groups in total. The van der Waals surface area contributed by atoms with Crippen LogP contribution in [0.4, 0.5) is 11.4 Å². The van der Waals surface area contributed by atoms with Gasteiger partial charge in [-0.05, 0) is 36.8 Å². The van der Waals surface area contributed by atoms with E-state index >= 15 is 0 Å². The van der Waals surface area contributed by atoms with Gasteiger partial charge in [0.2, 0.25) is 0 Å². The van der Waals surface area contributed by atoms with Gasteiger partial charge in [0.05, 0.1) is 4.92 Å². The molecule has 6 heteroatoms. The molecule has 2 aromatic rings. The van der Waals surface area contributed by atoms with Crippen LogP contribution in [0.1, 0.15) is 5.56 Å². The minimum Gasteiger partial charge on any atom is -0.492 e. The lowest BCUT2D eigenvalue weighted by Crippen LogP contribution is -2.12. The fourth-order valence-electron chi connectivity index (χ4n) is 1.87. The van der Waals surface area contributed by atoms with Crippen LogP contribution < -0.4 is 10.1 Å². The number of ether oxygens (including phenoxy) is 1. The summed E-state index contributed by atoms with van der Waals surface area (Å²) in [6.07, 6.45) is 0. The van der Waals surface area contributed by atoms with Gasteiger partial charge in [-0.25, -0.2) is 0 Å². The van der Waals surface area contributed by atoms with Crippen LogP contribution in [0.2, 0.25) is 5.02 Å². The Morgan fingerprint density at radius 3 is 2.81 bits per heavy atom. The third kappa shape index (κ3) is 4.36. The van der Waals surface area contributed by atoms with Gasteiger partial charge in [0.1, 0.15) is 18.0 Å². The highest BCUT2D eigenvalue weighted by molar-refractivity contribution is 6.31. The van der Waals surface area contributed by atoms with Gasteiger partial charge in [0, 0.05) is 17.6 Å². The molecule has 0 spiro atoms. The van der Waals surface area contributed by atoms with Crippen molar-refractivity contribution >= 4 is 23.0 Å². The molecular weight excluding hydrogens is 292 g/mol. The van der Waals surface area contributed by atoms with E-state index in [0.29, 0.717) is 23.9 Å². The van der Waals surface area contributed by atoms with Crippen LogP contribution in [0.15, 0.2) is 42.5 Å². The molecule has 0 atom stereocenters. The van der Waals surface area contributed by atoms with E-state index in [4.69, 9.17) is 16.3 Å². The van der Waals surface area contributed by atoms with E-state index in [-0.39, 0.29) is 5.69 Å². The summed E-state index contributed by atoms with van der Waals surface area (Å²) in [4.78, 5) is 10.5. The maximum Gasteiger partial charge on any atom is 0.292 e. The van der Waals surface area contributed by atoms with E-state index in [1.165, 1.54) is 18.2 Å². The fourth-order valence-corrected chi connectivity index (χ4v) is 2.04. The first-order chi connectivity index (χ1) is 10.1. The van der Waals surface area contributed by atoms with Gasteiger partial charge in [0.15, 0.2) is 0 Å². The lowest BCUT2D eigenvalue weighted by Gasteiger charge is -2.09. The SMILES string of the molecule is Cc1cccc(OCCNc2cc(Cl)ccc2[N+](=O)[O-])c1. The second kappa shape index (κ2) is 6.95. The summed E-state index contributed by atoms with van der Waals surface area (Å²) >= 11 is 5.85. The average Bonchev–Trinajstić information content (AvgIpc) is 2.43. The predicted octanol–water partition coefficient (Wildman–Crippen LogP) is 4.05. The third-order valence-corrected chi connectivity index (χ3v) is 3.07. The van der Waals surface area contributed by atoms with Gasteiger partial charge in [-0.15, -0.1) is 0 Å². The van der Waals surface area contributed by atoms with E-state index in [2.05, 4.69) is 5.32 Å². The van der Waals surface area contributed by atoms with Crippen molar-refractivity contribution in [1.82, 2.24) is 0 Å². The molecule has 0 radical (unpaired) electrons. The molecule has 0 saturated carbocycles. The third-order valence-electron chi connectivity index (χ3n) is 2.83. The van der Waals surface area contributed by atoms with Crippen molar-refractivity contribution in [2.24, 2.45) is 0 Å². The number of nitrogens with zero attached hydrogens (tertiary/aromatic N) is 1. The zero-order chi connectivity index (χ0) is 15.2. The number of hydrogen-bond donors (Lipinski definition) is 1. The predicted molar refractivity (Wildman–Crippen MR) is 83.3 cm³/mol. The Morgan fingerprint density at radius 2 is 2.10 bits per heavy atom. The lowest BCUT2D eigenvalue weighted by molar-refractivity contribution is -0.384. The molecule has 0 aromatic heterocycles. The van der Waals surface area contributed by atoms with E-state index in [9.17, 15) is 10.1 Å². The summed E-state index contributed by atoms with van der Waals surface area (Å²) in [7, 11) is 0. The van der Waals surface area contributed by atoms with Gasteiger partial charge in [0.25, 0.3) is 5.69 Å². The quantitative estimate of drug-likeness (QED) is 0.497. The number of nitro benzene ring substituents is 1. The highest BCUT2D eigenvalue weighted by Crippen LogP contribution is 2.27. The minimum absolute atomic E-state index is 0.00467. The zero-order valence-corrected chi connectivity index (χ0v) is 12.3. The lowest BCUT2D eigenvalue weighted by atomic mass is 10.2. The van der Waals surface area contributed by atoms with Crippen LogP contribution in [0.3, 0.4) is 0 Å². The van der Waals surface area contributed by atoms with Crippen LogP contribution >= 0.6 is 11.6 Å². The van der Waals surface area contributed by atoms with Crippen LogP contribution in [0, 0.1) is 17.0 Å². The number of benzene rings is 2. The molecule has 2 rings (SSSR count). The number of hydrogen-bond acceptors (Lipinski definition) is 4. The topological polar surface area (TPSA) is 64.4 Å². The molecule has 2 aromatic carbocycles. The Morgan fingerprint density at radius 1 is 1.29 bits per heavy atom. The summed E-state index contributed by atoms with van der Waals surface area (Å²) in [6, 6.07) is 12.1. The van der Waals surface area contributed by atoms with Crippen molar-refractivity contribution in [2.45, 2.75) is 6.92 Å². The molecule has 0 heterocycles. The number of nitrogens with one attached hydrogen (secondary N) is 1. The molecule has 0 bridgehead atoms. The standard InChI is InChI=1S/C15H15ClN2O3/c1-11-3-2-4-13(9-11)21-8-7-17-14-10-12(16)5-6-15(14)18(19)20/h2-6,9-10,17H,7-8H2,1H3. The van der Waals surface area contributed by atoms with Gasteiger partial charge in [-0.2, -0.15) is 0 Å². The highest BCUT2D eigenvalue weighted by Gasteiger charge is 2.13. The van der Waals surface area contributed by atoms with Crippen molar-refractivity contribution in [3.8, 4) is 5.75 Å². The Bertz CT molecular complexity index is 647. The highest BCUT2D eigenvalue weighted by atomic mass is 35.5. The maximum absolute atomic E-state index is 10.9. The molecule has 21 heavy (non-hydrogen) atoms. The second-order valence-electron chi connectivity index (χ2n) is 4.51.